The molecule has 1 aliphatic heterocycles. The number of Topliss-reactive ketones (excluding diaryl/α,β-unsaturated/α-hetero) is 3. The van der Waals surface area contributed by atoms with Gasteiger partial charge in [-0.2, -0.15) is 0 Å². The highest BCUT2D eigenvalue weighted by atomic mass is 32.2. The molecule has 128 valence electrons. The Kier molecular flexibility index (Phi) is 3.98. The number of benzene rings is 1. The van der Waals surface area contributed by atoms with Crippen molar-refractivity contribution < 1.29 is 22.8 Å². The highest BCUT2D eigenvalue weighted by Crippen LogP contribution is 2.38. The van der Waals surface area contributed by atoms with Crippen LogP contribution in [0, 0.1) is 19.8 Å². The van der Waals surface area contributed by atoms with Gasteiger partial charge in [-0.3, -0.25) is 14.4 Å². The molecule has 0 aromatic heterocycles. The van der Waals surface area contributed by atoms with Crippen molar-refractivity contribution in [2.24, 2.45) is 5.92 Å². The summed E-state index contributed by atoms with van der Waals surface area (Å²) in [7, 11) is -3.37. The molecule has 0 N–H and O–H groups in total. The second-order valence-corrected chi connectivity index (χ2v) is 9.12. The van der Waals surface area contributed by atoms with Gasteiger partial charge in [0.2, 0.25) is 0 Å². The van der Waals surface area contributed by atoms with Crippen molar-refractivity contribution in [3.63, 3.8) is 0 Å². The third-order valence-corrected chi connectivity index (χ3v) is 7.54. The maximum absolute atomic E-state index is 12.8. The fourth-order valence-electron chi connectivity index (χ4n) is 3.81. The predicted molar refractivity (Wildman–Crippen MR) is 88.0 cm³/mol. The summed E-state index contributed by atoms with van der Waals surface area (Å²) in [5, 5.41) is -0.520. The summed E-state index contributed by atoms with van der Waals surface area (Å²) in [6, 6.07) is 1.53. The van der Waals surface area contributed by atoms with E-state index in [1.807, 2.05) is 0 Å². The van der Waals surface area contributed by atoms with E-state index in [-0.39, 0.29) is 24.4 Å². The zero-order valence-corrected chi connectivity index (χ0v) is 14.8. The minimum absolute atomic E-state index is 0.247. The lowest BCUT2D eigenvalue weighted by Gasteiger charge is -2.20. The number of ketones is 3. The second kappa shape index (κ2) is 5.62. The average Bonchev–Trinajstić information content (AvgIpc) is 2.73. The molecule has 0 radical (unpaired) electrons. The summed E-state index contributed by atoms with van der Waals surface area (Å²) in [6.45, 7) is 5.02. The molecule has 0 saturated heterocycles. The molecule has 1 aliphatic carbocycles. The molecule has 1 saturated carbocycles. The number of carbonyl (C=O) groups excluding carboxylic acids is 3. The van der Waals surface area contributed by atoms with E-state index < -0.39 is 26.8 Å². The van der Waals surface area contributed by atoms with Gasteiger partial charge in [0.05, 0.1) is 10.1 Å². The molecule has 24 heavy (non-hydrogen) atoms. The number of carbonyl (C=O) groups is 3. The molecular weight excluding hydrogens is 328 g/mol. The molecular formula is C18H20O5S. The molecule has 1 fully saturated rings. The van der Waals surface area contributed by atoms with Gasteiger partial charge in [-0.25, -0.2) is 8.42 Å². The van der Waals surface area contributed by atoms with Crippen LogP contribution in [0.15, 0.2) is 11.0 Å². The molecule has 1 aromatic carbocycles. The van der Waals surface area contributed by atoms with E-state index in [2.05, 4.69) is 0 Å². The molecule has 0 amide bonds. The first-order valence-electron chi connectivity index (χ1n) is 8.13. The normalized spacial score (nSPS) is 23.4. The van der Waals surface area contributed by atoms with Gasteiger partial charge < -0.3 is 0 Å². The first kappa shape index (κ1) is 17.0. The molecule has 1 aromatic rings. The summed E-state index contributed by atoms with van der Waals surface area (Å²) < 4.78 is 24.9. The fourth-order valence-corrected chi connectivity index (χ4v) is 5.69. The summed E-state index contributed by atoms with van der Waals surface area (Å²) in [5.74, 6) is -2.35. The Hall–Kier alpha value is -1.82. The summed E-state index contributed by atoms with van der Waals surface area (Å²) in [4.78, 5) is 37.3. The number of aryl methyl sites for hydroxylation is 1. The number of fused-ring (bicyclic) bond motifs is 1. The molecule has 6 heteroatoms. The van der Waals surface area contributed by atoms with Crippen molar-refractivity contribution in [2.45, 2.75) is 56.6 Å². The summed E-state index contributed by atoms with van der Waals surface area (Å²) in [6.07, 6.45) is 1.35. The number of rotatable bonds is 2. The van der Waals surface area contributed by atoms with Gasteiger partial charge in [-0.1, -0.05) is 0 Å². The van der Waals surface area contributed by atoms with E-state index in [9.17, 15) is 22.8 Å². The maximum Gasteiger partial charge on any atom is 0.181 e. The zero-order valence-electron chi connectivity index (χ0n) is 14.0. The van der Waals surface area contributed by atoms with Crippen LogP contribution in [0.4, 0.5) is 0 Å². The van der Waals surface area contributed by atoms with E-state index in [1.165, 1.54) is 6.07 Å². The zero-order chi connectivity index (χ0) is 17.8. The highest BCUT2D eigenvalue weighted by Gasteiger charge is 2.41. The van der Waals surface area contributed by atoms with Crippen LogP contribution >= 0.6 is 0 Å². The maximum atomic E-state index is 12.8. The van der Waals surface area contributed by atoms with Crippen LogP contribution in [0.3, 0.4) is 0 Å². The van der Waals surface area contributed by atoms with E-state index in [4.69, 9.17) is 0 Å². The Morgan fingerprint density at radius 3 is 2.29 bits per heavy atom. The van der Waals surface area contributed by atoms with Crippen molar-refractivity contribution in [3.05, 3.63) is 28.3 Å². The standard InChI is InChI=1S/C18H20O5S/c1-9-7-12(17(21)16-14(19)5-4-6-15(16)20)11(3)13-8-10(2)24(22,23)18(9)13/h7,10,16H,4-6,8H2,1-3H3. The van der Waals surface area contributed by atoms with Crippen LogP contribution in [0.1, 0.15) is 53.2 Å². The van der Waals surface area contributed by atoms with Crippen molar-refractivity contribution >= 4 is 27.2 Å². The van der Waals surface area contributed by atoms with Crippen molar-refractivity contribution in [1.29, 1.82) is 0 Å². The number of hydrogen-bond acceptors (Lipinski definition) is 5. The van der Waals surface area contributed by atoms with Crippen molar-refractivity contribution in [2.75, 3.05) is 0 Å². The Morgan fingerprint density at radius 2 is 1.71 bits per heavy atom. The molecule has 2 aliphatic rings. The molecule has 3 rings (SSSR count). The van der Waals surface area contributed by atoms with Gasteiger partial charge in [-0.05, 0) is 56.4 Å². The van der Waals surface area contributed by atoms with E-state index in [0.717, 1.165) is 0 Å². The van der Waals surface area contributed by atoms with Gasteiger partial charge in [-0.15, -0.1) is 0 Å². The molecule has 5 nitrogen and oxygen atoms in total. The van der Waals surface area contributed by atoms with Crippen LogP contribution in [0.25, 0.3) is 0 Å². The first-order valence-corrected chi connectivity index (χ1v) is 9.67. The Labute approximate surface area is 141 Å². The summed E-state index contributed by atoms with van der Waals surface area (Å²) in [5.41, 5.74) is 2.06. The van der Waals surface area contributed by atoms with Crippen LogP contribution in [0.2, 0.25) is 0 Å². The smallest absolute Gasteiger partial charge is 0.181 e. The predicted octanol–water partition coefficient (Wildman–Crippen LogP) is 2.14. The van der Waals surface area contributed by atoms with Crippen LogP contribution in [-0.4, -0.2) is 31.0 Å². The topological polar surface area (TPSA) is 85.3 Å². The second-order valence-electron chi connectivity index (χ2n) is 6.82. The van der Waals surface area contributed by atoms with E-state index in [0.29, 0.717) is 40.0 Å². The minimum atomic E-state index is -3.37. The Bertz CT molecular complexity index is 863. The average molecular weight is 348 g/mol. The molecule has 0 bridgehead atoms. The van der Waals surface area contributed by atoms with Crippen molar-refractivity contribution in [1.82, 2.24) is 0 Å². The van der Waals surface area contributed by atoms with Crippen molar-refractivity contribution in [3.8, 4) is 0 Å². The monoisotopic (exact) mass is 348 g/mol. The lowest BCUT2D eigenvalue weighted by Crippen LogP contribution is -2.35. The van der Waals surface area contributed by atoms with Gasteiger partial charge in [0.1, 0.15) is 5.92 Å². The molecule has 1 unspecified atom stereocenters. The third-order valence-electron chi connectivity index (χ3n) is 5.17. The molecule has 1 atom stereocenters. The third kappa shape index (κ3) is 2.35. The van der Waals surface area contributed by atoms with Crippen LogP contribution in [0.5, 0.6) is 0 Å². The highest BCUT2D eigenvalue weighted by molar-refractivity contribution is 7.92. The first-order chi connectivity index (χ1) is 11.2. The largest absolute Gasteiger partial charge is 0.298 e. The quantitative estimate of drug-likeness (QED) is 0.604. The summed E-state index contributed by atoms with van der Waals surface area (Å²) >= 11 is 0. The van der Waals surface area contributed by atoms with Gasteiger partial charge in [0.15, 0.2) is 27.2 Å². The van der Waals surface area contributed by atoms with E-state index >= 15 is 0 Å². The van der Waals surface area contributed by atoms with Gasteiger partial charge in [0, 0.05) is 18.4 Å². The van der Waals surface area contributed by atoms with Crippen LogP contribution in [-0.2, 0) is 25.8 Å². The SMILES string of the molecule is Cc1cc(C(=O)C2C(=O)CCCC2=O)c(C)c2c1S(=O)(=O)C(C)C2. The van der Waals surface area contributed by atoms with Crippen LogP contribution < -0.4 is 0 Å². The Morgan fingerprint density at radius 1 is 1.12 bits per heavy atom. The Balaban J connectivity index is 2.13. The lowest BCUT2D eigenvalue weighted by atomic mass is 9.80. The molecule has 1 heterocycles. The fraction of sp³-hybridized carbons (Fsp3) is 0.500. The lowest BCUT2D eigenvalue weighted by molar-refractivity contribution is -0.133. The van der Waals surface area contributed by atoms with Gasteiger partial charge in [0.25, 0.3) is 0 Å². The van der Waals surface area contributed by atoms with Gasteiger partial charge >= 0.3 is 0 Å². The van der Waals surface area contributed by atoms with E-state index in [1.54, 1.807) is 20.8 Å². The molecule has 0 spiro atoms. The number of sulfone groups is 1. The minimum Gasteiger partial charge on any atom is -0.298 e. The number of hydrogen-bond donors (Lipinski definition) is 0.